The molecule has 1 saturated heterocycles. The SMILES string of the molecule is CCC(C(=O)Nc1c(C)cc(Cl)cc1C)[N+]1(CC(=O)OCc2ccccc2)CCCC1. The summed E-state index contributed by atoms with van der Waals surface area (Å²) in [5.41, 5.74) is 3.63. The van der Waals surface area contributed by atoms with E-state index < -0.39 is 0 Å². The maximum Gasteiger partial charge on any atom is 0.362 e. The van der Waals surface area contributed by atoms with E-state index in [1.54, 1.807) is 0 Å². The van der Waals surface area contributed by atoms with Crippen LogP contribution in [-0.2, 0) is 20.9 Å². The average molecular weight is 444 g/mol. The fraction of sp³-hybridized carbons (Fsp3) is 0.440. The van der Waals surface area contributed by atoms with Crippen LogP contribution in [0.1, 0.15) is 42.9 Å². The number of halogens is 1. The third kappa shape index (κ3) is 5.66. The van der Waals surface area contributed by atoms with Crippen LogP contribution in [0.25, 0.3) is 0 Å². The molecule has 2 aromatic rings. The van der Waals surface area contributed by atoms with Gasteiger partial charge in [-0.1, -0.05) is 48.9 Å². The number of hydrogen-bond donors (Lipinski definition) is 1. The van der Waals surface area contributed by atoms with Crippen LogP contribution < -0.4 is 5.32 Å². The summed E-state index contributed by atoms with van der Waals surface area (Å²) in [6.45, 7) is 7.99. The van der Waals surface area contributed by atoms with Crippen LogP contribution in [0, 0.1) is 13.8 Å². The van der Waals surface area contributed by atoms with Gasteiger partial charge in [0.05, 0.1) is 13.1 Å². The van der Waals surface area contributed by atoms with Gasteiger partial charge in [-0.05, 0) is 42.7 Å². The Labute approximate surface area is 189 Å². The molecule has 1 amide bonds. The second-order valence-electron chi connectivity index (χ2n) is 8.51. The molecule has 0 aliphatic carbocycles. The van der Waals surface area contributed by atoms with E-state index in [1.165, 1.54) is 0 Å². The number of quaternary nitrogens is 1. The van der Waals surface area contributed by atoms with Crippen LogP contribution in [0.5, 0.6) is 0 Å². The standard InChI is InChI=1S/C25H31ClN2O3/c1-4-22(25(30)27-24-18(2)14-21(26)15-19(24)3)28(12-8-9-13-28)16-23(29)31-17-20-10-6-5-7-11-20/h5-7,10-11,14-15,22H,4,8-9,12-13,16-17H2,1-3H3/p+1. The zero-order valence-corrected chi connectivity index (χ0v) is 19.4. The molecule has 2 aromatic carbocycles. The number of aryl methyl sites for hydroxylation is 2. The highest BCUT2D eigenvalue weighted by atomic mass is 35.5. The predicted octanol–water partition coefficient (Wildman–Crippen LogP) is 5.03. The lowest BCUT2D eigenvalue weighted by atomic mass is 10.1. The lowest BCUT2D eigenvalue weighted by molar-refractivity contribution is -0.924. The summed E-state index contributed by atoms with van der Waals surface area (Å²) in [5, 5.41) is 3.78. The Bertz CT molecular complexity index is 901. The van der Waals surface area contributed by atoms with Crippen molar-refractivity contribution in [2.45, 2.75) is 52.7 Å². The average Bonchev–Trinajstić information content (AvgIpc) is 3.19. The van der Waals surface area contributed by atoms with Crippen molar-refractivity contribution in [3.63, 3.8) is 0 Å². The van der Waals surface area contributed by atoms with E-state index >= 15 is 0 Å². The molecular formula is C25H32ClN2O3+. The number of esters is 1. The topological polar surface area (TPSA) is 55.4 Å². The van der Waals surface area contributed by atoms with Gasteiger partial charge in [-0.2, -0.15) is 0 Å². The lowest BCUT2D eigenvalue weighted by Gasteiger charge is -2.39. The normalized spacial score (nSPS) is 16.0. The van der Waals surface area contributed by atoms with Gasteiger partial charge >= 0.3 is 5.97 Å². The molecule has 0 bridgehead atoms. The first-order valence-corrected chi connectivity index (χ1v) is 11.4. The van der Waals surface area contributed by atoms with Crippen molar-refractivity contribution in [2.75, 3.05) is 25.0 Å². The summed E-state index contributed by atoms with van der Waals surface area (Å²) >= 11 is 6.14. The van der Waals surface area contributed by atoms with E-state index in [2.05, 4.69) is 5.32 Å². The molecule has 166 valence electrons. The second-order valence-corrected chi connectivity index (χ2v) is 8.94. The van der Waals surface area contributed by atoms with E-state index in [-0.39, 0.29) is 31.1 Å². The number of carbonyl (C=O) groups excluding carboxylic acids is 2. The molecule has 3 rings (SSSR count). The Balaban J connectivity index is 1.73. The smallest absolute Gasteiger partial charge is 0.362 e. The van der Waals surface area contributed by atoms with Gasteiger partial charge in [0.15, 0.2) is 12.6 Å². The third-order valence-corrected chi connectivity index (χ3v) is 6.46. The number of amides is 1. The number of anilines is 1. The molecule has 1 unspecified atom stereocenters. The van der Waals surface area contributed by atoms with Crippen LogP contribution in [0.4, 0.5) is 5.69 Å². The van der Waals surface area contributed by atoms with Crippen molar-refractivity contribution >= 4 is 29.2 Å². The molecule has 1 heterocycles. The lowest BCUT2D eigenvalue weighted by Crippen LogP contribution is -2.60. The molecule has 1 aliphatic rings. The molecule has 31 heavy (non-hydrogen) atoms. The van der Waals surface area contributed by atoms with Crippen molar-refractivity contribution in [1.82, 2.24) is 0 Å². The van der Waals surface area contributed by atoms with E-state index in [0.29, 0.717) is 15.9 Å². The number of ether oxygens (including phenoxy) is 1. The van der Waals surface area contributed by atoms with Gasteiger partial charge in [0.25, 0.3) is 5.91 Å². The molecule has 6 heteroatoms. The minimum atomic E-state index is -0.304. The molecule has 1 atom stereocenters. The summed E-state index contributed by atoms with van der Waals surface area (Å²) in [7, 11) is 0. The Morgan fingerprint density at radius 1 is 1.10 bits per heavy atom. The Morgan fingerprint density at radius 2 is 1.71 bits per heavy atom. The van der Waals surface area contributed by atoms with Crippen molar-refractivity contribution in [2.24, 2.45) is 0 Å². The molecule has 1 N–H and O–H groups in total. The number of rotatable bonds is 8. The zero-order valence-electron chi connectivity index (χ0n) is 18.6. The number of likely N-dealkylation sites (tertiary alicyclic amines) is 1. The molecular weight excluding hydrogens is 412 g/mol. The van der Waals surface area contributed by atoms with Crippen molar-refractivity contribution in [3.05, 3.63) is 64.2 Å². The van der Waals surface area contributed by atoms with Gasteiger partial charge in [-0.25, -0.2) is 4.79 Å². The fourth-order valence-corrected chi connectivity index (χ4v) is 5.05. The molecule has 0 saturated carbocycles. The Hall–Kier alpha value is -2.37. The summed E-state index contributed by atoms with van der Waals surface area (Å²) in [6, 6.07) is 13.1. The largest absolute Gasteiger partial charge is 0.457 e. The number of nitrogens with zero attached hydrogens (tertiary/aromatic N) is 1. The van der Waals surface area contributed by atoms with Crippen LogP contribution in [0.3, 0.4) is 0 Å². The maximum atomic E-state index is 13.4. The minimum Gasteiger partial charge on any atom is -0.457 e. The van der Waals surface area contributed by atoms with Gasteiger partial charge in [-0.3, -0.25) is 4.79 Å². The number of hydrogen-bond acceptors (Lipinski definition) is 3. The van der Waals surface area contributed by atoms with Crippen LogP contribution in [-0.4, -0.2) is 42.0 Å². The zero-order chi connectivity index (χ0) is 22.4. The highest BCUT2D eigenvalue weighted by Crippen LogP contribution is 2.29. The van der Waals surface area contributed by atoms with E-state index in [1.807, 2.05) is 63.2 Å². The summed E-state index contributed by atoms with van der Waals surface area (Å²) < 4.78 is 6.02. The van der Waals surface area contributed by atoms with Crippen LogP contribution in [0.15, 0.2) is 42.5 Å². The van der Waals surface area contributed by atoms with E-state index in [0.717, 1.165) is 48.3 Å². The molecule has 0 spiro atoms. The van der Waals surface area contributed by atoms with Gasteiger partial charge in [0, 0.05) is 30.0 Å². The van der Waals surface area contributed by atoms with Gasteiger partial charge in [0.1, 0.15) is 6.61 Å². The highest BCUT2D eigenvalue weighted by Gasteiger charge is 2.45. The van der Waals surface area contributed by atoms with Crippen LogP contribution in [0.2, 0.25) is 5.02 Å². The Morgan fingerprint density at radius 3 is 2.29 bits per heavy atom. The van der Waals surface area contributed by atoms with Crippen LogP contribution >= 0.6 is 11.6 Å². The first-order chi connectivity index (χ1) is 14.8. The van der Waals surface area contributed by atoms with E-state index in [4.69, 9.17) is 16.3 Å². The molecule has 0 aromatic heterocycles. The summed E-state index contributed by atoms with van der Waals surface area (Å²) in [5.74, 6) is -0.301. The molecule has 0 radical (unpaired) electrons. The molecule has 1 fully saturated rings. The number of nitrogens with one attached hydrogen (secondary N) is 1. The molecule has 1 aliphatic heterocycles. The highest BCUT2D eigenvalue weighted by molar-refractivity contribution is 6.30. The first kappa shape index (κ1) is 23.3. The fourth-order valence-electron chi connectivity index (χ4n) is 4.72. The number of carbonyl (C=O) groups is 2. The quantitative estimate of drug-likeness (QED) is 0.460. The summed E-state index contributed by atoms with van der Waals surface area (Å²) in [6.07, 6.45) is 2.67. The number of benzene rings is 2. The van der Waals surface area contributed by atoms with E-state index in [9.17, 15) is 9.59 Å². The van der Waals surface area contributed by atoms with Gasteiger partial charge in [0.2, 0.25) is 0 Å². The van der Waals surface area contributed by atoms with Crippen molar-refractivity contribution in [1.29, 1.82) is 0 Å². The van der Waals surface area contributed by atoms with Crippen molar-refractivity contribution < 1.29 is 18.8 Å². The monoisotopic (exact) mass is 443 g/mol. The molecule has 5 nitrogen and oxygen atoms in total. The van der Waals surface area contributed by atoms with Crippen molar-refractivity contribution in [3.8, 4) is 0 Å². The van der Waals surface area contributed by atoms with Gasteiger partial charge < -0.3 is 14.5 Å². The van der Waals surface area contributed by atoms with Gasteiger partial charge in [-0.15, -0.1) is 0 Å². The maximum absolute atomic E-state index is 13.4. The third-order valence-electron chi connectivity index (χ3n) is 6.24. The first-order valence-electron chi connectivity index (χ1n) is 11.0. The minimum absolute atomic E-state index is 0.0474. The predicted molar refractivity (Wildman–Crippen MR) is 124 cm³/mol. The summed E-state index contributed by atoms with van der Waals surface area (Å²) in [4.78, 5) is 26.1. The second kappa shape index (κ2) is 10.3. The Kier molecular flexibility index (Phi) is 7.74.